The zero-order chi connectivity index (χ0) is 25.9. The van der Waals surface area contributed by atoms with E-state index >= 15 is 0 Å². The van der Waals surface area contributed by atoms with Gasteiger partial charge in [0.1, 0.15) is 12.7 Å². The van der Waals surface area contributed by atoms with Gasteiger partial charge < -0.3 is 19.5 Å². The van der Waals surface area contributed by atoms with Crippen molar-refractivity contribution in [1.82, 2.24) is 4.98 Å². The van der Waals surface area contributed by atoms with Crippen molar-refractivity contribution in [2.24, 2.45) is 0 Å². The average molecular weight is 514 g/mol. The highest BCUT2D eigenvalue weighted by atomic mass is 35.5. The van der Waals surface area contributed by atoms with Gasteiger partial charge in [-0.2, -0.15) is 5.26 Å². The summed E-state index contributed by atoms with van der Waals surface area (Å²) >= 11 is 6.29. The van der Waals surface area contributed by atoms with E-state index in [1.54, 1.807) is 7.11 Å². The summed E-state index contributed by atoms with van der Waals surface area (Å²) in [6.07, 6.45) is 1.49. The molecule has 4 aromatic carbocycles. The third-order valence-corrected chi connectivity index (χ3v) is 6.28. The topological polar surface area (TPSA) is 76.4 Å². The van der Waals surface area contributed by atoms with Gasteiger partial charge in [0.15, 0.2) is 23.1 Å². The van der Waals surface area contributed by atoms with Crippen LogP contribution in [-0.2, 0) is 6.61 Å². The predicted octanol–water partition coefficient (Wildman–Crippen LogP) is 7.39. The number of hydrogen-bond donors (Lipinski definition) is 1. The number of fused-ring (bicyclic) bond motifs is 2. The fourth-order valence-corrected chi connectivity index (χ4v) is 4.29. The van der Waals surface area contributed by atoms with Crippen molar-refractivity contribution >= 4 is 44.7 Å². The number of nitrogens with zero attached hydrogens (tertiary/aromatic N) is 2. The summed E-state index contributed by atoms with van der Waals surface area (Å²) in [6, 6.07) is 22.3. The summed E-state index contributed by atoms with van der Waals surface area (Å²) < 4.78 is 30.8. The molecule has 8 heteroatoms. The van der Waals surface area contributed by atoms with Crippen LogP contribution in [0, 0.1) is 17.1 Å². The van der Waals surface area contributed by atoms with Crippen molar-refractivity contribution in [3.63, 3.8) is 0 Å². The molecular weight excluding hydrogens is 493 g/mol. The molecule has 0 unspecified atom stereocenters. The van der Waals surface area contributed by atoms with Gasteiger partial charge in [-0.15, -0.1) is 0 Å². The fraction of sp³-hybridized carbons (Fsp3) is 0.103. The summed E-state index contributed by atoms with van der Waals surface area (Å²) in [5, 5.41) is 15.5. The lowest BCUT2D eigenvalue weighted by molar-refractivity contribution is 0.285. The van der Waals surface area contributed by atoms with E-state index in [4.69, 9.17) is 25.8 Å². The normalized spacial score (nSPS) is 10.8. The summed E-state index contributed by atoms with van der Waals surface area (Å²) in [6.45, 7) is 0.399. The van der Waals surface area contributed by atoms with Crippen LogP contribution in [0.3, 0.4) is 0 Å². The van der Waals surface area contributed by atoms with E-state index < -0.39 is 5.82 Å². The third kappa shape index (κ3) is 4.80. The molecule has 0 aliphatic heterocycles. The number of anilines is 2. The van der Waals surface area contributed by atoms with Crippen LogP contribution >= 0.6 is 11.6 Å². The number of nitrogens with one attached hydrogen (secondary N) is 1. The van der Waals surface area contributed by atoms with Crippen LogP contribution in [0.5, 0.6) is 17.2 Å². The van der Waals surface area contributed by atoms with Crippen LogP contribution in [0.2, 0.25) is 5.02 Å². The zero-order valence-electron chi connectivity index (χ0n) is 20.0. The molecule has 37 heavy (non-hydrogen) atoms. The number of hydrogen-bond acceptors (Lipinski definition) is 6. The molecule has 1 aromatic heterocycles. The summed E-state index contributed by atoms with van der Waals surface area (Å²) in [4.78, 5) is 4.49. The quantitative estimate of drug-likeness (QED) is 0.229. The minimum absolute atomic E-state index is 0.0296. The van der Waals surface area contributed by atoms with Gasteiger partial charge in [-0.05, 0) is 46.7 Å². The highest BCUT2D eigenvalue weighted by molar-refractivity contribution is 6.33. The Hall–Kier alpha value is -4.54. The van der Waals surface area contributed by atoms with Crippen LogP contribution in [0.15, 0.2) is 72.9 Å². The molecule has 0 atom stereocenters. The molecule has 0 aliphatic carbocycles. The van der Waals surface area contributed by atoms with Gasteiger partial charge >= 0.3 is 0 Å². The second-order valence-electron chi connectivity index (χ2n) is 8.24. The molecule has 1 heterocycles. The molecule has 184 valence electrons. The van der Waals surface area contributed by atoms with Crippen molar-refractivity contribution in [3.8, 4) is 23.3 Å². The first-order chi connectivity index (χ1) is 18.0. The van der Waals surface area contributed by atoms with Gasteiger partial charge in [0, 0.05) is 17.6 Å². The smallest absolute Gasteiger partial charge is 0.166 e. The van der Waals surface area contributed by atoms with E-state index in [9.17, 15) is 9.65 Å². The third-order valence-electron chi connectivity index (χ3n) is 5.97. The first-order valence-electron chi connectivity index (χ1n) is 11.3. The van der Waals surface area contributed by atoms with Gasteiger partial charge in [-0.3, -0.25) is 4.98 Å². The minimum atomic E-state index is -0.582. The zero-order valence-corrected chi connectivity index (χ0v) is 20.8. The maximum absolute atomic E-state index is 14.1. The second-order valence-corrected chi connectivity index (χ2v) is 8.65. The Labute approximate surface area is 217 Å². The second kappa shape index (κ2) is 10.2. The van der Waals surface area contributed by atoms with Gasteiger partial charge in [-0.25, -0.2) is 4.39 Å². The molecule has 1 N–H and O–H groups in total. The standard InChI is InChI=1S/C29H21ClFN3O3/c1-35-26-13-25(22(30)12-23(26)31)34-29-20(14-32)15-33-24-9-19-11-28(37-16-17-6-4-3-5-7-17)27(36-2)10-18(19)8-21(24)29/h3-13,15H,16H2,1-2H3,(H,33,34). The van der Waals surface area contributed by atoms with E-state index in [1.807, 2.05) is 54.6 Å². The number of halogens is 2. The van der Waals surface area contributed by atoms with E-state index in [1.165, 1.54) is 19.4 Å². The number of pyridine rings is 1. The summed E-state index contributed by atoms with van der Waals surface area (Å²) in [5.41, 5.74) is 2.89. The Morgan fingerprint density at radius 2 is 1.68 bits per heavy atom. The van der Waals surface area contributed by atoms with E-state index in [0.717, 1.165) is 22.4 Å². The first-order valence-corrected chi connectivity index (χ1v) is 11.7. The van der Waals surface area contributed by atoms with Crippen molar-refractivity contribution in [1.29, 1.82) is 5.26 Å². The molecule has 5 aromatic rings. The van der Waals surface area contributed by atoms with Crippen LogP contribution < -0.4 is 19.5 Å². The maximum atomic E-state index is 14.1. The van der Waals surface area contributed by atoms with Gasteiger partial charge in [0.05, 0.1) is 41.7 Å². The monoisotopic (exact) mass is 513 g/mol. The van der Waals surface area contributed by atoms with E-state index in [-0.39, 0.29) is 10.8 Å². The number of aromatic nitrogens is 1. The Morgan fingerprint density at radius 3 is 2.41 bits per heavy atom. The Balaban J connectivity index is 1.60. The lowest BCUT2D eigenvalue weighted by atomic mass is 10.0. The fourth-order valence-electron chi connectivity index (χ4n) is 4.09. The molecule has 0 saturated carbocycles. The van der Waals surface area contributed by atoms with E-state index in [2.05, 4.69) is 16.4 Å². The lowest BCUT2D eigenvalue weighted by Crippen LogP contribution is -2.00. The largest absolute Gasteiger partial charge is 0.494 e. The number of ether oxygens (including phenoxy) is 3. The lowest BCUT2D eigenvalue weighted by Gasteiger charge is -2.16. The number of methoxy groups -OCH3 is 2. The predicted molar refractivity (Wildman–Crippen MR) is 143 cm³/mol. The SMILES string of the molecule is COc1cc(Nc2c(C#N)cnc3cc4cc(OCc5ccccc5)c(OC)cc4cc23)c(Cl)cc1F. The number of rotatable bonds is 7. The Bertz CT molecular complexity index is 1670. The first kappa shape index (κ1) is 24.2. The summed E-state index contributed by atoms with van der Waals surface area (Å²) in [5.74, 6) is 0.631. The highest BCUT2D eigenvalue weighted by Gasteiger charge is 2.16. The van der Waals surface area contributed by atoms with Crippen molar-refractivity contribution in [2.45, 2.75) is 6.61 Å². The number of benzene rings is 4. The molecule has 5 rings (SSSR count). The molecule has 0 saturated heterocycles. The van der Waals surface area contributed by atoms with Crippen LogP contribution in [0.1, 0.15) is 11.1 Å². The van der Waals surface area contributed by atoms with Gasteiger partial charge in [0.25, 0.3) is 0 Å². The van der Waals surface area contributed by atoms with Gasteiger partial charge in [-0.1, -0.05) is 41.9 Å². The highest BCUT2D eigenvalue weighted by Crippen LogP contribution is 2.39. The molecule has 0 radical (unpaired) electrons. The average Bonchev–Trinajstić information content (AvgIpc) is 2.92. The van der Waals surface area contributed by atoms with Crippen LogP contribution in [0.4, 0.5) is 15.8 Å². The van der Waals surface area contributed by atoms with Crippen LogP contribution in [0.25, 0.3) is 21.7 Å². The van der Waals surface area contributed by atoms with Crippen molar-refractivity contribution < 1.29 is 18.6 Å². The van der Waals surface area contributed by atoms with Gasteiger partial charge in [0.2, 0.25) is 0 Å². The minimum Gasteiger partial charge on any atom is -0.494 e. The molecule has 6 nitrogen and oxygen atoms in total. The molecule has 0 spiro atoms. The molecule has 0 fully saturated rings. The van der Waals surface area contributed by atoms with Crippen LogP contribution in [-0.4, -0.2) is 19.2 Å². The van der Waals surface area contributed by atoms with E-state index in [0.29, 0.717) is 45.9 Å². The Kier molecular flexibility index (Phi) is 6.67. The number of nitriles is 1. The molecular formula is C29H21ClFN3O3. The molecule has 0 aliphatic rings. The summed E-state index contributed by atoms with van der Waals surface area (Å²) in [7, 11) is 2.96. The molecule has 0 amide bonds. The van der Waals surface area contributed by atoms with Crippen molar-refractivity contribution in [2.75, 3.05) is 19.5 Å². The Morgan fingerprint density at radius 1 is 0.946 bits per heavy atom. The molecule has 0 bridgehead atoms. The maximum Gasteiger partial charge on any atom is 0.166 e. The van der Waals surface area contributed by atoms with Crippen molar-refractivity contribution in [3.05, 3.63) is 94.9 Å².